The maximum Gasteiger partial charge on any atom is 0.222 e. The Morgan fingerprint density at radius 1 is 1.24 bits per heavy atom. The van der Waals surface area contributed by atoms with Gasteiger partial charge in [-0.25, -0.2) is 8.78 Å². The highest BCUT2D eigenvalue weighted by Gasteiger charge is 2.42. The largest absolute Gasteiger partial charge is 0.342 e. The zero-order valence-corrected chi connectivity index (χ0v) is 14.6. The van der Waals surface area contributed by atoms with E-state index in [9.17, 15) is 13.6 Å². The molecule has 3 rings (SSSR count). The number of carbonyl (C=O) groups is 1. The quantitative estimate of drug-likeness (QED) is 0.757. The minimum absolute atomic E-state index is 0.103. The summed E-state index contributed by atoms with van der Waals surface area (Å²) in [6.45, 7) is 7.42. The zero-order valence-electron chi connectivity index (χ0n) is 14.6. The first kappa shape index (κ1) is 18.1. The third-order valence-corrected chi connectivity index (χ3v) is 5.52. The first-order chi connectivity index (χ1) is 12.0. The van der Waals surface area contributed by atoms with Crippen molar-refractivity contribution in [3.63, 3.8) is 0 Å². The molecule has 1 aromatic rings. The second kappa shape index (κ2) is 7.65. The van der Waals surface area contributed by atoms with Gasteiger partial charge in [-0.05, 0) is 38.3 Å². The van der Waals surface area contributed by atoms with Gasteiger partial charge in [0, 0.05) is 43.6 Å². The number of amides is 1. The van der Waals surface area contributed by atoms with Crippen LogP contribution in [-0.4, -0.2) is 41.9 Å². The van der Waals surface area contributed by atoms with Crippen molar-refractivity contribution in [3.05, 3.63) is 48.1 Å². The van der Waals surface area contributed by atoms with Gasteiger partial charge in [0.1, 0.15) is 0 Å². The van der Waals surface area contributed by atoms with Gasteiger partial charge in [-0.2, -0.15) is 0 Å². The van der Waals surface area contributed by atoms with Crippen molar-refractivity contribution >= 4 is 5.91 Å². The van der Waals surface area contributed by atoms with E-state index in [1.165, 1.54) is 0 Å². The minimum atomic E-state index is -0.788. The van der Waals surface area contributed by atoms with Gasteiger partial charge in [0.15, 0.2) is 11.6 Å². The summed E-state index contributed by atoms with van der Waals surface area (Å²) in [4.78, 5) is 16.4. The summed E-state index contributed by atoms with van der Waals surface area (Å²) in [5, 5.41) is 0. The lowest BCUT2D eigenvalue weighted by atomic mass is 9.79. The molecule has 0 bridgehead atoms. The number of hydrogen-bond acceptors (Lipinski definition) is 2. The normalized spacial score (nSPS) is 24.0. The van der Waals surface area contributed by atoms with Gasteiger partial charge < -0.3 is 4.90 Å². The Kier molecular flexibility index (Phi) is 5.52. The minimum Gasteiger partial charge on any atom is -0.342 e. The monoisotopic (exact) mass is 348 g/mol. The van der Waals surface area contributed by atoms with E-state index in [2.05, 4.69) is 11.5 Å². The molecular formula is C20H26F2N2O. The molecule has 5 heteroatoms. The zero-order chi connectivity index (χ0) is 17.9. The molecule has 3 nitrogen and oxygen atoms in total. The number of rotatable bonds is 5. The van der Waals surface area contributed by atoms with E-state index in [1.54, 1.807) is 18.2 Å². The molecule has 2 saturated heterocycles. The Balaban J connectivity index is 1.62. The smallest absolute Gasteiger partial charge is 0.222 e. The van der Waals surface area contributed by atoms with Gasteiger partial charge in [-0.1, -0.05) is 18.2 Å². The summed E-state index contributed by atoms with van der Waals surface area (Å²) in [6.07, 6.45) is 6.14. The average molecular weight is 348 g/mol. The van der Waals surface area contributed by atoms with Gasteiger partial charge in [0.05, 0.1) is 0 Å². The summed E-state index contributed by atoms with van der Waals surface area (Å²) < 4.78 is 27.4. The fourth-order valence-electron chi connectivity index (χ4n) is 4.22. The van der Waals surface area contributed by atoms with Crippen LogP contribution in [-0.2, 0) is 11.3 Å². The summed E-state index contributed by atoms with van der Waals surface area (Å²) in [5.41, 5.74) is 0.514. The lowest BCUT2D eigenvalue weighted by Gasteiger charge is -2.40. The molecule has 1 atom stereocenters. The number of benzene rings is 1. The molecule has 0 aromatic heterocycles. The van der Waals surface area contributed by atoms with Crippen LogP contribution >= 0.6 is 0 Å². The highest BCUT2D eigenvalue weighted by atomic mass is 19.2. The molecule has 0 N–H and O–H groups in total. The van der Waals surface area contributed by atoms with Crippen LogP contribution < -0.4 is 0 Å². The molecule has 0 saturated carbocycles. The van der Waals surface area contributed by atoms with E-state index < -0.39 is 11.6 Å². The molecule has 0 radical (unpaired) electrons. The highest BCUT2D eigenvalue weighted by Crippen LogP contribution is 2.39. The van der Waals surface area contributed by atoms with Gasteiger partial charge in [0.2, 0.25) is 5.91 Å². The van der Waals surface area contributed by atoms with Gasteiger partial charge >= 0.3 is 0 Å². The number of carbonyl (C=O) groups excluding carboxylic acids is 1. The van der Waals surface area contributed by atoms with E-state index in [4.69, 9.17) is 0 Å². The van der Waals surface area contributed by atoms with Crippen molar-refractivity contribution in [2.45, 2.75) is 38.6 Å². The number of halogens is 2. The lowest BCUT2D eigenvalue weighted by molar-refractivity contribution is -0.130. The lowest BCUT2D eigenvalue weighted by Crippen LogP contribution is -2.45. The SMILES string of the molecule is C=CCCC(=O)N1CC[C@@]2(CCCN(Cc3cccc(F)c3F)C2)C1. The second-order valence-corrected chi connectivity index (χ2v) is 7.42. The molecule has 25 heavy (non-hydrogen) atoms. The highest BCUT2D eigenvalue weighted by molar-refractivity contribution is 5.76. The molecule has 0 unspecified atom stereocenters. The van der Waals surface area contributed by atoms with Crippen LogP contribution in [0.4, 0.5) is 8.78 Å². The van der Waals surface area contributed by atoms with Crippen LogP contribution in [0.1, 0.15) is 37.7 Å². The Morgan fingerprint density at radius 2 is 2.08 bits per heavy atom. The molecule has 1 spiro atoms. The van der Waals surface area contributed by atoms with Crippen LogP contribution in [0, 0.1) is 17.0 Å². The van der Waals surface area contributed by atoms with E-state index in [1.807, 2.05) is 4.90 Å². The van der Waals surface area contributed by atoms with Crippen LogP contribution in [0.25, 0.3) is 0 Å². The van der Waals surface area contributed by atoms with Gasteiger partial charge in [-0.15, -0.1) is 6.58 Å². The summed E-state index contributed by atoms with van der Waals surface area (Å²) in [6, 6.07) is 4.36. The topological polar surface area (TPSA) is 23.6 Å². The van der Waals surface area contributed by atoms with Gasteiger partial charge in [-0.3, -0.25) is 9.69 Å². The van der Waals surface area contributed by atoms with E-state index >= 15 is 0 Å². The van der Waals surface area contributed by atoms with Crippen LogP contribution in [0.3, 0.4) is 0 Å². The third-order valence-electron chi connectivity index (χ3n) is 5.52. The maximum absolute atomic E-state index is 13.9. The predicted octanol–water partition coefficient (Wildman–Crippen LogP) is 3.75. The Bertz CT molecular complexity index is 649. The van der Waals surface area contributed by atoms with E-state index in [-0.39, 0.29) is 11.3 Å². The number of hydrogen-bond donors (Lipinski definition) is 0. The molecule has 0 aliphatic carbocycles. The molecule has 2 heterocycles. The Hall–Kier alpha value is -1.75. The van der Waals surface area contributed by atoms with Crippen LogP contribution in [0.2, 0.25) is 0 Å². The van der Waals surface area contributed by atoms with Crippen molar-refractivity contribution < 1.29 is 13.6 Å². The predicted molar refractivity (Wildman–Crippen MR) is 93.9 cm³/mol. The van der Waals surface area contributed by atoms with Crippen molar-refractivity contribution in [2.24, 2.45) is 5.41 Å². The summed E-state index contributed by atoms with van der Waals surface area (Å²) in [5.74, 6) is -1.33. The van der Waals surface area contributed by atoms with Crippen molar-refractivity contribution in [2.75, 3.05) is 26.2 Å². The molecule has 2 fully saturated rings. The Labute approximate surface area is 148 Å². The van der Waals surface area contributed by atoms with Gasteiger partial charge in [0.25, 0.3) is 0 Å². The fraction of sp³-hybridized carbons (Fsp3) is 0.550. The number of allylic oxidation sites excluding steroid dienone is 1. The molecule has 1 aromatic carbocycles. The van der Waals surface area contributed by atoms with E-state index in [0.29, 0.717) is 24.9 Å². The van der Waals surface area contributed by atoms with Crippen molar-refractivity contribution in [1.82, 2.24) is 9.80 Å². The first-order valence-corrected chi connectivity index (χ1v) is 9.07. The molecule has 136 valence electrons. The Morgan fingerprint density at radius 3 is 2.88 bits per heavy atom. The second-order valence-electron chi connectivity index (χ2n) is 7.42. The summed E-state index contributed by atoms with van der Waals surface area (Å²) in [7, 11) is 0. The summed E-state index contributed by atoms with van der Waals surface area (Å²) >= 11 is 0. The molecular weight excluding hydrogens is 322 g/mol. The van der Waals surface area contributed by atoms with Crippen LogP contribution in [0.5, 0.6) is 0 Å². The van der Waals surface area contributed by atoms with E-state index in [0.717, 1.165) is 51.5 Å². The number of nitrogens with zero attached hydrogens (tertiary/aromatic N) is 2. The molecule has 2 aliphatic rings. The average Bonchev–Trinajstić information content (AvgIpc) is 3.00. The number of likely N-dealkylation sites (tertiary alicyclic amines) is 2. The number of piperidine rings is 1. The standard InChI is InChI=1S/C20H26F2N2O/c1-2-3-8-18(25)24-12-10-20(15-24)9-5-11-23(14-20)13-16-6-4-7-17(21)19(16)22/h2,4,6-7H,1,3,5,8-15H2/t20-/m1/s1. The maximum atomic E-state index is 13.9. The first-order valence-electron chi connectivity index (χ1n) is 9.07. The molecule has 1 amide bonds. The van der Waals surface area contributed by atoms with Crippen LogP contribution in [0.15, 0.2) is 30.9 Å². The third kappa shape index (κ3) is 4.09. The van der Waals surface area contributed by atoms with Crippen molar-refractivity contribution in [1.29, 1.82) is 0 Å². The fourth-order valence-corrected chi connectivity index (χ4v) is 4.22. The molecule has 2 aliphatic heterocycles. The van der Waals surface area contributed by atoms with Crippen molar-refractivity contribution in [3.8, 4) is 0 Å².